The van der Waals surface area contributed by atoms with Crippen molar-refractivity contribution in [2.24, 2.45) is 0 Å². The highest BCUT2D eigenvalue weighted by atomic mass is 32.1. The highest BCUT2D eigenvalue weighted by Gasteiger charge is 2.28. The van der Waals surface area contributed by atoms with Crippen molar-refractivity contribution in [1.82, 2.24) is 19.5 Å². The summed E-state index contributed by atoms with van der Waals surface area (Å²) in [5.74, 6) is 0.986. The smallest absolute Gasteiger partial charge is 0.216 e. The zero-order valence-corrected chi connectivity index (χ0v) is 20.7. The Morgan fingerprint density at radius 2 is 1.66 bits per heavy atom. The first-order chi connectivity index (χ1) is 15.4. The fraction of sp³-hybridized carbons (Fsp3) is 0.600. The van der Waals surface area contributed by atoms with E-state index in [0.717, 1.165) is 59.4 Å². The molecule has 5 rings (SSSR count). The largest absolute Gasteiger partial charge is 0.364 e. The van der Waals surface area contributed by atoms with Gasteiger partial charge in [0.1, 0.15) is 5.69 Å². The number of benzene rings is 1. The first-order valence-electron chi connectivity index (χ1n) is 12.1. The summed E-state index contributed by atoms with van der Waals surface area (Å²) in [6.07, 6.45) is 7.00. The monoisotopic (exact) mass is 452 g/mol. The second-order valence-electron chi connectivity index (χ2n) is 10.4. The van der Waals surface area contributed by atoms with Crippen LogP contribution in [0.2, 0.25) is 0 Å². The van der Waals surface area contributed by atoms with Crippen molar-refractivity contribution in [2.75, 3.05) is 36.4 Å². The molecular weight excluding hydrogens is 416 g/mol. The Morgan fingerprint density at radius 1 is 0.969 bits per heavy atom. The molecule has 1 aromatic carbocycles. The summed E-state index contributed by atoms with van der Waals surface area (Å²) in [6.45, 7) is 13.1. The van der Waals surface area contributed by atoms with Crippen molar-refractivity contribution in [1.29, 1.82) is 0 Å². The minimum absolute atomic E-state index is 0.0786. The lowest BCUT2D eigenvalue weighted by atomic mass is 9.94. The Hall–Kier alpha value is -2.12. The third-order valence-corrected chi connectivity index (χ3v) is 7.66. The number of imidazole rings is 1. The second-order valence-corrected chi connectivity index (χ2v) is 11.4. The number of piperazine rings is 1. The number of nitrogens with zero attached hydrogens (tertiary/aromatic N) is 5. The van der Waals surface area contributed by atoms with Crippen molar-refractivity contribution in [3.8, 4) is 11.3 Å². The molecule has 172 valence electrons. The number of rotatable bonds is 4. The van der Waals surface area contributed by atoms with Gasteiger partial charge in [0.15, 0.2) is 5.82 Å². The lowest BCUT2D eigenvalue weighted by molar-refractivity contribution is 0.148. The molecule has 1 N–H and O–H groups in total. The van der Waals surface area contributed by atoms with E-state index < -0.39 is 0 Å². The quantitative estimate of drug-likeness (QED) is 0.572. The SMILES string of the molecule is Cc1ccc(-c2nc3sc(N4CCN(C5CCCCC5)CC4)nn3c2NC(C)(C)C)cc1. The van der Waals surface area contributed by atoms with Gasteiger partial charge in [0.05, 0.1) is 0 Å². The highest BCUT2D eigenvalue weighted by Crippen LogP contribution is 2.35. The van der Waals surface area contributed by atoms with Gasteiger partial charge < -0.3 is 10.2 Å². The molecule has 2 aliphatic rings. The molecule has 32 heavy (non-hydrogen) atoms. The molecule has 2 aromatic heterocycles. The fourth-order valence-electron chi connectivity index (χ4n) is 4.97. The predicted octanol–water partition coefficient (Wildman–Crippen LogP) is 5.43. The van der Waals surface area contributed by atoms with Gasteiger partial charge in [-0.3, -0.25) is 4.90 Å². The molecular formula is C25H36N6S. The summed E-state index contributed by atoms with van der Waals surface area (Å²) in [4.78, 5) is 11.1. The van der Waals surface area contributed by atoms with Gasteiger partial charge >= 0.3 is 0 Å². The van der Waals surface area contributed by atoms with Crippen molar-refractivity contribution in [3.05, 3.63) is 29.8 Å². The molecule has 0 unspecified atom stereocenters. The first kappa shape index (κ1) is 21.7. The van der Waals surface area contributed by atoms with E-state index in [1.165, 1.54) is 37.7 Å². The number of hydrogen-bond acceptors (Lipinski definition) is 6. The van der Waals surface area contributed by atoms with Crippen LogP contribution >= 0.6 is 11.3 Å². The normalized spacial score (nSPS) is 19.1. The van der Waals surface area contributed by atoms with E-state index in [1.807, 2.05) is 4.52 Å². The topological polar surface area (TPSA) is 48.7 Å². The molecule has 3 aromatic rings. The van der Waals surface area contributed by atoms with Gasteiger partial charge in [-0.05, 0) is 40.5 Å². The first-order valence-corrected chi connectivity index (χ1v) is 12.9. The summed E-state index contributed by atoms with van der Waals surface area (Å²) >= 11 is 1.71. The third-order valence-electron chi connectivity index (χ3n) is 6.69. The summed E-state index contributed by atoms with van der Waals surface area (Å²) < 4.78 is 2.02. The summed E-state index contributed by atoms with van der Waals surface area (Å²) in [5.41, 5.74) is 3.29. The zero-order chi connectivity index (χ0) is 22.3. The van der Waals surface area contributed by atoms with Crippen LogP contribution in [0, 0.1) is 6.92 Å². The Morgan fingerprint density at radius 3 is 2.31 bits per heavy atom. The van der Waals surface area contributed by atoms with Gasteiger partial charge in [-0.15, -0.1) is 5.10 Å². The van der Waals surface area contributed by atoms with Crippen molar-refractivity contribution in [2.45, 2.75) is 71.4 Å². The number of hydrogen-bond donors (Lipinski definition) is 1. The fourth-order valence-corrected chi connectivity index (χ4v) is 5.92. The van der Waals surface area contributed by atoms with E-state index in [0.29, 0.717) is 0 Å². The maximum absolute atomic E-state index is 5.04. The Labute approximate surface area is 195 Å². The van der Waals surface area contributed by atoms with Crippen LogP contribution in [0.4, 0.5) is 10.9 Å². The molecule has 7 heteroatoms. The van der Waals surface area contributed by atoms with Crippen LogP contribution in [0.1, 0.15) is 58.4 Å². The van der Waals surface area contributed by atoms with E-state index >= 15 is 0 Å². The molecule has 2 fully saturated rings. The van der Waals surface area contributed by atoms with Crippen LogP contribution in [-0.4, -0.2) is 57.3 Å². The highest BCUT2D eigenvalue weighted by molar-refractivity contribution is 7.20. The molecule has 0 radical (unpaired) electrons. The van der Waals surface area contributed by atoms with Crippen LogP contribution in [0.3, 0.4) is 0 Å². The van der Waals surface area contributed by atoms with Crippen molar-refractivity contribution in [3.63, 3.8) is 0 Å². The molecule has 1 aliphatic heterocycles. The van der Waals surface area contributed by atoms with Gasteiger partial charge in [-0.1, -0.05) is 60.4 Å². The zero-order valence-electron chi connectivity index (χ0n) is 19.9. The molecule has 1 saturated carbocycles. The van der Waals surface area contributed by atoms with Gasteiger partial charge in [0.2, 0.25) is 10.1 Å². The van der Waals surface area contributed by atoms with E-state index in [-0.39, 0.29) is 5.54 Å². The van der Waals surface area contributed by atoms with Gasteiger partial charge in [0.25, 0.3) is 0 Å². The van der Waals surface area contributed by atoms with E-state index in [2.05, 4.69) is 67.1 Å². The van der Waals surface area contributed by atoms with Crippen LogP contribution in [0.25, 0.3) is 16.2 Å². The lowest BCUT2D eigenvalue weighted by Gasteiger charge is -2.40. The molecule has 1 saturated heterocycles. The predicted molar refractivity (Wildman–Crippen MR) is 135 cm³/mol. The molecule has 1 aliphatic carbocycles. The van der Waals surface area contributed by atoms with Crippen molar-refractivity contribution >= 4 is 27.2 Å². The molecule has 3 heterocycles. The molecule has 0 spiro atoms. The third kappa shape index (κ3) is 4.50. The molecule has 0 bridgehead atoms. The number of fused-ring (bicyclic) bond motifs is 1. The Balaban J connectivity index is 1.39. The molecule has 0 amide bonds. The van der Waals surface area contributed by atoms with Crippen LogP contribution in [0.5, 0.6) is 0 Å². The minimum Gasteiger partial charge on any atom is -0.364 e. The number of aromatic nitrogens is 3. The summed E-state index contributed by atoms with van der Waals surface area (Å²) in [7, 11) is 0. The second kappa shape index (κ2) is 8.67. The van der Waals surface area contributed by atoms with Crippen LogP contribution in [-0.2, 0) is 0 Å². The van der Waals surface area contributed by atoms with Crippen LogP contribution < -0.4 is 10.2 Å². The maximum atomic E-state index is 5.04. The van der Waals surface area contributed by atoms with E-state index in [1.54, 1.807) is 11.3 Å². The minimum atomic E-state index is -0.0786. The van der Waals surface area contributed by atoms with E-state index in [9.17, 15) is 0 Å². The molecule has 6 nitrogen and oxygen atoms in total. The maximum Gasteiger partial charge on any atom is 0.216 e. The Kier molecular flexibility index (Phi) is 5.88. The van der Waals surface area contributed by atoms with Gasteiger partial charge in [-0.25, -0.2) is 4.98 Å². The Bertz CT molecular complexity index is 1050. The summed E-state index contributed by atoms with van der Waals surface area (Å²) in [6, 6.07) is 9.41. The number of nitrogens with one attached hydrogen (secondary N) is 1. The lowest BCUT2D eigenvalue weighted by Crippen LogP contribution is -2.50. The van der Waals surface area contributed by atoms with Gasteiger partial charge in [0, 0.05) is 43.3 Å². The molecule has 0 atom stereocenters. The van der Waals surface area contributed by atoms with Crippen LogP contribution in [0.15, 0.2) is 24.3 Å². The average Bonchev–Trinajstić information content (AvgIpc) is 3.34. The van der Waals surface area contributed by atoms with E-state index in [4.69, 9.17) is 10.1 Å². The number of anilines is 2. The number of aryl methyl sites for hydroxylation is 1. The van der Waals surface area contributed by atoms with Gasteiger partial charge in [-0.2, -0.15) is 4.52 Å². The average molecular weight is 453 g/mol. The summed E-state index contributed by atoms with van der Waals surface area (Å²) in [5, 5.41) is 9.80. The standard InChI is InChI=1S/C25H36N6S/c1-18-10-12-19(13-11-18)21-22(27-25(2,3)4)31-23(26-21)32-24(28-31)30-16-14-29(15-17-30)20-8-6-5-7-9-20/h10-13,20,27H,5-9,14-17H2,1-4H3. The van der Waals surface area contributed by atoms with Crippen molar-refractivity contribution < 1.29 is 0 Å².